The molecule has 92 valence electrons. The fourth-order valence-electron chi connectivity index (χ4n) is 2.14. The third-order valence-corrected chi connectivity index (χ3v) is 3.22. The van der Waals surface area contributed by atoms with Crippen LogP contribution in [-0.4, -0.2) is 37.4 Å². The monoisotopic (exact) mass is 235 g/mol. The molecule has 1 unspecified atom stereocenters. The van der Waals surface area contributed by atoms with Crippen LogP contribution in [0.3, 0.4) is 0 Å². The average Bonchev–Trinajstić information content (AvgIpc) is 2.80. The summed E-state index contributed by atoms with van der Waals surface area (Å²) >= 11 is 0. The number of aryl methyl sites for hydroxylation is 1. The molecule has 1 aromatic rings. The molecule has 1 atom stereocenters. The van der Waals surface area contributed by atoms with E-state index in [4.69, 9.17) is 4.74 Å². The highest BCUT2D eigenvalue weighted by Gasteiger charge is 2.23. The molecule has 1 N–H and O–H groups in total. The smallest absolute Gasteiger partial charge is 0.337 e. The van der Waals surface area contributed by atoms with Crippen molar-refractivity contribution in [2.24, 2.45) is 0 Å². The molecule has 1 aliphatic heterocycles. The Hall–Kier alpha value is -1.55. The molecule has 2 rings (SSSR count). The van der Waals surface area contributed by atoms with Gasteiger partial charge in [0.15, 0.2) is 0 Å². The van der Waals surface area contributed by atoms with Crippen molar-refractivity contribution >= 4 is 11.7 Å². The van der Waals surface area contributed by atoms with Crippen molar-refractivity contribution in [3.05, 3.63) is 29.3 Å². The third-order valence-electron chi connectivity index (χ3n) is 3.22. The number of nitrogens with zero attached hydrogens (tertiary/aromatic N) is 1. The quantitative estimate of drug-likeness (QED) is 0.869. The molecule has 0 bridgehead atoms. The van der Waals surface area contributed by atoms with Crippen LogP contribution in [-0.2, 0) is 4.74 Å². The van der Waals surface area contributed by atoms with E-state index in [1.54, 1.807) is 6.07 Å². The topological polar surface area (TPSA) is 49.8 Å². The standard InChI is InChI=1S/C13H17NO3/c1-9-3-4-11(13(15)16)12(7-9)14(2)10-5-6-17-8-10/h3-4,7,10H,5-6,8H2,1-2H3,(H,15,16). The predicted molar refractivity (Wildman–Crippen MR) is 65.8 cm³/mol. The van der Waals surface area contributed by atoms with Crippen LogP contribution in [0.4, 0.5) is 5.69 Å². The highest BCUT2D eigenvalue weighted by atomic mass is 16.5. The zero-order chi connectivity index (χ0) is 12.4. The van der Waals surface area contributed by atoms with Gasteiger partial charge in [-0.2, -0.15) is 0 Å². The van der Waals surface area contributed by atoms with Crippen LogP contribution in [0, 0.1) is 6.92 Å². The largest absolute Gasteiger partial charge is 0.478 e. The molecule has 0 saturated carbocycles. The molecular weight excluding hydrogens is 218 g/mol. The van der Waals surface area contributed by atoms with E-state index in [-0.39, 0.29) is 6.04 Å². The number of anilines is 1. The Morgan fingerprint density at radius 1 is 1.53 bits per heavy atom. The summed E-state index contributed by atoms with van der Waals surface area (Å²) in [5.41, 5.74) is 2.19. The number of carbonyl (C=O) groups is 1. The highest BCUT2D eigenvalue weighted by molar-refractivity contribution is 5.94. The summed E-state index contributed by atoms with van der Waals surface area (Å²) < 4.78 is 5.34. The Labute approximate surface area is 101 Å². The molecule has 1 heterocycles. The van der Waals surface area contributed by atoms with Gasteiger partial charge in [0.2, 0.25) is 0 Å². The van der Waals surface area contributed by atoms with Crippen molar-refractivity contribution < 1.29 is 14.6 Å². The number of rotatable bonds is 3. The molecule has 17 heavy (non-hydrogen) atoms. The summed E-state index contributed by atoms with van der Waals surface area (Å²) in [6.45, 7) is 3.39. The lowest BCUT2D eigenvalue weighted by Crippen LogP contribution is -2.33. The van der Waals surface area contributed by atoms with Crippen LogP contribution in [0.2, 0.25) is 0 Å². The first-order valence-electron chi connectivity index (χ1n) is 5.74. The summed E-state index contributed by atoms with van der Waals surface area (Å²) in [6, 6.07) is 5.68. The second-order valence-corrected chi connectivity index (χ2v) is 4.45. The molecule has 0 aromatic heterocycles. The van der Waals surface area contributed by atoms with Crippen molar-refractivity contribution in [1.82, 2.24) is 0 Å². The molecule has 1 fully saturated rings. The summed E-state index contributed by atoms with van der Waals surface area (Å²) in [4.78, 5) is 13.2. The minimum atomic E-state index is -0.884. The lowest BCUT2D eigenvalue weighted by Gasteiger charge is -2.27. The summed E-state index contributed by atoms with van der Waals surface area (Å²) in [6.07, 6.45) is 0.948. The zero-order valence-electron chi connectivity index (χ0n) is 10.1. The van der Waals surface area contributed by atoms with Crippen molar-refractivity contribution in [1.29, 1.82) is 0 Å². The van der Waals surface area contributed by atoms with Crippen molar-refractivity contribution in [2.75, 3.05) is 25.2 Å². The van der Waals surface area contributed by atoms with Gasteiger partial charge < -0.3 is 14.7 Å². The molecule has 1 aliphatic rings. The Morgan fingerprint density at radius 2 is 2.29 bits per heavy atom. The van der Waals surface area contributed by atoms with Gasteiger partial charge in [-0.1, -0.05) is 6.07 Å². The Balaban J connectivity index is 2.34. The number of carboxylic acid groups (broad SMARTS) is 1. The minimum absolute atomic E-state index is 0.273. The van der Waals surface area contributed by atoms with Crippen LogP contribution in [0.25, 0.3) is 0 Å². The second kappa shape index (κ2) is 4.75. The van der Waals surface area contributed by atoms with Gasteiger partial charge >= 0.3 is 5.97 Å². The molecule has 0 radical (unpaired) electrons. The second-order valence-electron chi connectivity index (χ2n) is 4.45. The Morgan fingerprint density at radius 3 is 2.88 bits per heavy atom. The molecule has 1 aromatic carbocycles. The van der Waals surface area contributed by atoms with Gasteiger partial charge in [-0.15, -0.1) is 0 Å². The first-order valence-corrected chi connectivity index (χ1v) is 5.74. The van der Waals surface area contributed by atoms with E-state index >= 15 is 0 Å². The number of aromatic carboxylic acids is 1. The van der Waals surface area contributed by atoms with Crippen LogP contribution in [0.1, 0.15) is 22.3 Å². The highest BCUT2D eigenvalue weighted by Crippen LogP contribution is 2.25. The average molecular weight is 235 g/mol. The van der Waals surface area contributed by atoms with Crippen LogP contribution in [0.5, 0.6) is 0 Å². The number of hydrogen-bond donors (Lipinski definition) is 1. The molecule has 4 nitrogen and oxygen atoms in total. The van der Waals surface area contributed by atoms with Crippen molar-refractivity contribution in [2.45, 2.75) is 19.4 Å². The van der Waals surface area contributed by atoms with Crippen molar-refractivity contribution in [3.63, 3.8) is 0 Å². The Kier molecular flexibility index (Phi) is 3.33. The molecule has 1 saturated heterocycles. The SMILES string of the molecule is Cc1ccc(C(=O)O)c(N(C)C2CCOC2)c1. The maximum atomic E-state index is 11.2. The Bertz CT molecular complexity index is 425. The van der Waals surface area contributed by atoms with Gasteiger partial charge in [0.05, 0.1) is 23.9 Å². The van der Waals surface area contributed by atoms with E-state index in [2.05, 4.69) is 0 Å². The number of likely N-dealkylation sites (N-methyl/N-ethyl adjacent to an activating group) is 1. The van der Waals surface area contributed by atoms with Crippen LogP contribution >= 0.6 is 0 Å². The van der Waals surface area contributed by atoms with E-state index in [1.165, 1.54) is 0 Å². The van der Waals surface area contributed by atoms with E-state index in [9.17, 15) is 9.90 Å². The zero-order valence-corrected chi connectivity index (χ0v) is 10.1. The van der Waals surface area contributed by atoms with Gasteiger partial charge in [0.25, 0.3) is 0 Å². The lowest BCUT2D eigenvalue weighted by atomic mass is 10.1. The first-order chi connectivity index (χ1) is 8.09. The van der Waals surface area contributed by atoms with Crippen LogP contribution in [0.15, 0.2) is 18.2 Å². The van der Waals surface area contributed by atoms with E-state index in [1.807, 2.05) is 31.0 Å². The fraction of sp³-hybridized carbons (Fsp3) is 0.462. The maximum Gasteiger partial charge on any atom is 0.337 e. The number of hydrogen-bond acceptors (Lipinski definition) is 3. The molecule has 0 amide bonds. The first kappa shape index (κ1) is 11.9. The van der Waals surface area contributed by atoms with E-state index in [0.717, 1.165) is 24.3 Å². The minimum Gasteiger partial charge on any atom is -0.478 e. The van der Waals surface area contributed by atoms with E-state index < -0.39 is 5.97 Å². The number of carboxylic acids is 1. The third kappa shape index (κ3) is 2.42. The summed E-state index contributed by atoms with van der Waals surface area (Å²) in [7, 11) is 1.93. The summed E-state index contributed by atoms with van der Waals surface area (Å²) in [5.74, 6) is -0.884. The molecule has 0 spiro atoms. The van der Waals surface area contributed by atoms with E-state index in [0.29, 0.717) is 12.2 Å². The van der Waals surface area contributed by atoms with Crippen molar-refractivity contribution in [3.8, 4) is 0 Å². The molecule has 4 heteroatoms. The predicted octanol–water partition coefficient (Wildman–Crippen LogP) is 1.92. The molecular formula is C13H17NO3. The fourth-order valence-corrected chi connectivity index (χ4v) is 2.14. The normalized spacial score (nSPS) is 19.3. The lowest BCUT2D eigenvalue weighted by molar-refractivity contribution is 0.0697. The van der Waals surface area contributed by atoms with Gasteiger partial charge in [0.1, 0.15) is 0 Å². The van der Waals surface area contributed by atoms with Gasteiger partial charge in [0, 0.05) is 13.7 Å². The van der Waals surface area contributed by atoms with Gasteiger partial charge in [-0.25, -0.2) is 4.79 Å². The number of benzene rings is 1. The summed E-state index contributed by atoms with van der Waals surface area (Å²) in [5, 5.41) is 9.19. The maximum absolute atomic E-state index is 11.2. The van der Waals surface area contributed by atoms with Gasteiger partial charge in [-0.05, 0) is 31.0 Å². The molecule has 0 aliphatic carbocycles. The number of ether oxygens (including phenoxy) is 1. The van der Waals surface area contributed by atoms with Gasteiger partial charge in [-0.3, -0.25) is 0 Å². The van der Waals surface area contributed by atoms with Crippen LogP contribution < -0.4 is 4.90 Å².